The molecule has 0 amide bonds. The third-order valence-corrected chi connectivity index (χ3v) is 3.89. The molecule has 0 aliphatic heterocycles. The normalized spacial score (nSPS) is 11.2. The molecule has 0 fully saturated rings. The van der Waals surface area contributed by atoms with Gasteiger partial charge in [0.2, 0.25) is 0 Å². The standard InChI is InChI=1S/C14H13FO4S/c1-10-6-8-11(9-7-10)20(16,17)19-13-5-3-4-12(15)14(13)18-2/h3-9H,1-2H3. The average Bonchev–Trinajstić information content (AvgIpc) is 2.39. The minimum absolute atomic E-state index is 0.00517. The van der Waals surface area contributed by atoms with E-state index in [-0.39, 0.29) is 16.4 Å². The number of rotatable bonds is 4. The van der Waals surface area contributed by atoms with E-state index in [9.17, 15) is 12.8 Å². The highest BCUT2D eigenvalue weighted by molar-refractivity contribution is 7.87. The molecule has 0 N–H and O–H groups in total. The number of methoxy groups -OCH3 is 1. The van der Waals surface area contributed by atoms with Gasteiger partial charge >= 0.3 is 10.1 Å². The molecule has 0 saturated carbocycles. The van der Waals surface area contributed by atoms with E-state index in [1.54, 1.807) is 12.1 Å². The Labute approximate surface area is 116 Å². The van der Waals surface area contributed by atoms with Crippen LogP contribution in [0.25, 0.3) is 0 Å². The van der Waals surface area contributed by atoms with Crippen LogP contribution in [0, 0.1) is 12.7 Å². The molecule has 0 aliphatic rings. The van der Waals surface area contributed by atoms with Crippen molar-refractivity contribution in [1.29, 1.82) is 0 Å². The summed E-state index contributed by atoms with van der Waals surface area (Å²) in [6.45, 7) is 1.84. The Bertz CT molecular complexity index is 708. The van der Waals surface area contributed by atoms with Crippen molar-refractivity contribution in [2.75, 3.05) is 7.11 Å². The maximum Gasteiger partial charge on any atom is 0.339 e. The van der Waals surface area contributed by atoms with Crippen LogP contribution in [0.5, 0.6) is 11.5 Å². The lowest BCUT2D eigenvalue weighted by atomic mass is 10.2. The molecule has 0 aromatic heterocycles. The summed E-state index contributed by atoms with van der Waals surface area (Å²) in [5.41, 5.74) is 0.923. The number of aryl methyl sites for hydroxylation is 1. The van der Waals surface area contributed by atoms with Gasteiger partial charge in [0, 0.05) is 0 Å². The smallest absolute Gasteiger partial charge is 0.339 e. The zero-order chi connectivity index (χ0) is 14.8. The van der Waals surface area contributed by atoms with Crippen molar-refractivity contribution >= 4 is 10.1 Å². The van der Waals surface area contributed by atoms with Gasteiger partial charge in [0.1, 0.15) is 4.90 Å². The van der Waals surface area contributed by atoms with Crippen LogP contribution < -0.4 is 8.92 Å². The molecule has 0 aliphatic carbocycles. The molecule has 0 bridgehead atoms. The fraction of sp³-hybridized carbons (Fsp3) is 0.143. The van der Waals surface area contributed by atoms with Crippen molar-refractivity contribution in [2.24, 2.45) is 0 Å². The highest BCUT2D eigenvalue weighted by Crippen LogP contribution is 2.31. The van der Waals surface area contributed by atoms with Gasteiger partial charge in [0.15, 0.2) is 17.3 Å². The molecule has 4 nitrogen and oxygen atoms in total. The molecule has 0 heterocycles. The van der Waals surface area contributed by atoms with Gasteiger partial charge in [-0.05, 0) is 31.2 Å². The van der Waals surface area contributed by atoms with Crippen LogP contribution in [-0.2, 0) is 10.1 Å². The molecule has 6 heteroatoms. The fourth-order valence-corrected chi connectivity index (χ4v) is 2.56. The van der Waals surface area contributed by atoms with E-state index in [0.717, 1.165) is 11.6 Å². The van der Waals surface area contributed by atoms with Crippen LogP contribution in [0.3, 0.4) is 0 Å². The Kier molecular flexibility index (Phi) is 3.94. The number of halogens is 1. The molecule has 2 rings (SSSR count). The number of para-hydroxylation sites is 1. The molecule has 106 valence electrons. The van der Waals surface area contributed by atoms with E-state index >= 15 is 0 Å². The van der Waals surface area contributed by atoms with Gasteiger partial charge in [-0.15, -0.1) is 0 Å². The van der Waals surface area contributed by atoms with E-state index in [0.29, 0.717) is 0 Å². The van der Waals surface area contributed by atoms with Crippen LogP contribution in [0.15, 0.2) is 47.4 Å². The van der Waals surface area contributed by atoms with Crippen LogP contribution in [-0.4, -0.2) is 15.5 Å². The summed E-state index contributed by atoms with van der Waals surface area (Å²) in [5, 5.41) is 0. The predicted octanol–water partition coefficient (Wildman–Crippen LogP) is 2.91. The lowest BCUT2D eigenvalue weighted by Crippen LogP contribution is -2.10. The molecule has 0 spiro atoms. The highest BCUT2D eigenvalue weighted by Gasteiger charge is 2.20. The Morgan fingerprint density at radius 3 is 2.30 bits per heavy atom. The molecule has 2 aromatic carbocycles. The van der Waals surface area contributed by atoms with Gasteiger partial charge in [-0.25, -0.2) is 4.39 Å². The first-order chi connectivity index (χ1) is 9.44. The maximum atomic E-state index is 13.5. The molecule has 0 radical (unpaired) electrons. The second-order valence-electron chi connectivity index (χ2n) is 4.12. The van der Waals surface area contributed by atoms with Crippen LogP contribution >= 0.6 is 0 Å². The van der Waals surface area contributed by atoms with Crippen molar-refractivity contribution in [3.05, 3.63) is 53.8 Å². The first kappa shape index (κ1) is 14.3. The quantitative estimate of drug-likeness (QED) is 0.814. The molecule has 0 atom stereocenters. The molecular formula is C14H13FO4S. The summed E-state index contributed by atoms with van der Waals surface area (Å²) in [7, 11) is -2.79. The van der Waals surface area contributed by atoms with E-state index in [1.165, 1.54) is 31.4 Å². The second kappa shape index (κ2) is 5.50. The van der Waals surface area contributed by atoms with Gasteiger partial charge in [-0.2, -0.15) is 8.42 Å². The zero-order valence-corrected chi connectivity index (χ0v) is 11.8. The number of hydrogen-bond acceptors (Lipinski definition) is 4. The molecule has 0 unspecified atom stereocenters. The summed E-state index contributed by atoms with van der Waals surface area (Å²) in [6, 6.07) is 9.99. The maximum absolute atomic E-state index is 13.5. The van der Waals surface area contributed by atoms with Gasteiger partial charge in [-0.1, -0.05) is 23.8 Å². The van der Waals surface area contributed by atoms with E-state index in [2.05, 4.69) is 0 Å². The van der Waals surface area contributed by atoms with Crippen molar-refractivity contribution in [2.45, 2.75) is 11.8 Å². The van der Waals surface area contributed by atoms with E-state index in [4.69, 9.17) is 8.92 Å². The van der Waals surface area contributed by atoms with Crippen molar-refractivity contribution < 1.29 is 21.7 Å². The number of hydrogen-bond donors (Lipinski definition) is 0. The molecule has 20 heavy (non-hydrogen) atoms. The Hall–Kier alpha value is -2.08. The summed E-state index contributed by atoms with van der Waals surface area (Å²) in [6.07, 6.45) is 0. The minimum atomic E-state index is -4.03. The average molecular weight is 296 g/mol. The van der Waals surface area contributed by atoms with E-state index in [1.807, 2.05) is 6.92 Å². The fourth-order valence-electron chi connectivity index (χ4n) is 1.62. The summed E-state index contributed by atoms with van der Waals surface area (Å²) in [5.74, 6) is -1.12. The third kappa shape index (κ3) is 2.91. The Morgan fingerprint density at radius 1 is 1.05 bits per heavy atom. The minimum Gasteiger partial charge on any atom is -0.490 e. The van der Waals surface area contributed by atoms with Crippen molar-refractivity contribution in [3.63, 3.8) is 0 Å². The summed E-state index contributed by atoms with van der Waals surface area (Å²) < 4.78 is 47.4. The Morgan fingerprint density at radius 2 is 1.70 bits per heavy atom. The van der Waals surface area contributed by atoms with Gasteiger partial charge in [0.05, 0.1) is 7.11 Å². The van der Waals surface area contributed by atoms with Gasteiger partial charge < -0.3 is 8.92 Å². The molecule has 2 aromatic rings. The number of ether oxygens (including phenoxy) is 1. The Balaban J connectivity index is 2.38. The van der Waals surface area contributed by atoms with Gasteiger partial charge in [0.25, 0.3) is 0 Å². The van der Waals surface area contributed by atoms with Crippen molar-refractivity contribution in [3.8, 4) is 11.5 Å². The van der Waals surface area contributed by atoms with Crippen LogP contribution in [0.1, 0.15) is 5.56 Å². The van der Waals surface area contributed by atoms with E-state index < -0.39 is 15.9 Å². The lowest BCUT2D eigenvalue weighted by molar-refractivity contribution is 0.366. The van der Waals surface area contributed by atoms with Crippen molar-refractivity contribution in [1.82, 2.24) is 0 Å². The predicted molar refractivity (Wildman–Crippen MR) is 71.9 cm³/mol. The number of benzene rings is 2. The first-order valence-corrected chi connectivity index (χ1v) is 7.18. The monoisotopic (exact) mass is 296 g/mol. The zero-order valence-electron chi connectivity index (χ0n) is 11.0. The lowest BCUT2D eigenvalue weighted by Gasteiger charge is -2.11. The SMILES string of the molecule is COc1c(F)cccc1OS(=O)(=O)c1ccc(C)cc1. The second-order valence-corrected chi connectivity index (χ2v) is 5.67. The van der Waals surface area contributed by atoms with Crippen LogP contribution in [0.4, 0.5) is 4.39 Å². The van der Waals surface area contributed by atoms with Crippen LogP contribution in [0.2, 0.25) is 0 Å². The largest absolute Gasteiger partial charge is 0.490 e. The molecule has 0 saturated heterocycles. The summed E-state index contributed by atoms with van der Waals surface area (Å²) >= 11 is 0. The first-order valence-electron chi connectivity index (χ1n) is 5.77. The molecular weight excluding hydrogens is 283 g/mol. The third-order valence-electron chi connectivity index (χ3n) is 2.64. The summed E-state index contributed by atoms with van der Waals surface area (Å²) in [4.78, 5) is -0.00517. The highest BCUT2D eigenvalue weighted by atomic mass is 32.2. The van der Waals surface area contributed by atoms with Gasteiger partial charge in [-0.3, -0.25) is 0 Å². The topological polar surface area (TPSA) is 52.6 Å².